The zero-order valence-corrected chi connectivity index (χ0v) is 14.4. The predicted octanol–water partition coefficient (Wildman–Crippen LogP) is -3.60. The molecule has 0 aromatic heterocycles. The number of imide groups is 1. The summed E-state index contributed by atoms with van der Waals surface area (Å²) in [6.45, 7) is -0.974. The predicted molar refractivity (Wildman–Crippen MR) is 91.3 cm³/mol. The molecule has 0 spiro atoms. The number of hydrogen-bond acceptors (Lipinski definition) is 6. The van der Waals surface area contributed by atoms with E-state index in [0.29, 0.717) is 0 Å². The summed E-state index contributed by atoms with van der Waals surface area (Å²) in [6, 6.07) is 0. The molecule has 144 valence electrons. The zero-order chi connectivity index (χ0) is 20.2. The van der Waals surface area contributed by atoms with Gasteiger partial charge in [-0.3, -0.25) is 33.7 Å². The summed E-state index contributed by atoms with van der Waals surface area (Å²) in [5.74, 6) is -0.989. The van der Waals surface area contributed by atoms with Crippen molar-refractivity contribution < 1.29 is 28.8 Å². The van der Waals surface area contributed by atoms with Crippen molar-refractivity contribution in [1.82, 2.24) is 26.2 Å². The smallest absolute Gasteiger partial charge is 0.253 e. The Morgan fingerprint density at radius 2 is 1.26 bits per heavy atom. The molecule has 0 saturated heterocycles. The summed E-state index contributed by atoms with van der Waals surface area (Å²) in [7, 11) is 0. The monoisotopic (exact) mass is 377 g/mol. The lowest BCUT2D eigenvalue weighted by atomic mass is 10.4. The Morgan fingerprint density at radius 3 is 1.74 bits per heavy atom. The number of nitrogens with one attached hydrogen (secondary N) is 4. The first-order valence-corrected chi connectivity index (χ1v) is 7.87. The fraction of sp³-hybridized carbons (Fsp3) is 0.375. The van der Waals surface area contributed by atoms with Gasteiger partial charge in [0.25, 0.3) is 11.8 Å². The maximum atomic E-state index is 11.6. The molecular formula is C16H19N5O6. The Kier molecular flexibility index (Phi) is 8.73. The van der Waals surface area contributed by atoms with Gasteiger partial charge in [-0.1, -0.05) is 5.92 Å². The highest BCUT2D eigenvalue weighted by Gasteiger charge is 2.22. The fourth-order valence-corrected chi connectivity index (χ4v) is 1.84. The second-order valence-electron chi connectivity index (χ2n) is 5.22. The molecule has 11 heteroatoms. The Morgan fingerprint density at radius 1 is 0.815 bits per heavy atom. The van der Waals surface area contributed by atoms with Gasteiger partial charge in [0, 0.05) is 25.2 Å². The minimum absolute atomic E-state index is 0.0196. The number of carbonyl (C=O) groups is 6. The van der Waals surface area contributed by atoms with Gasteiger partial charge in [-0.05, 0) is 0 Å². The van der Waals surface area contributed by atoms with Gasteiger partial charge in [-0.25, -0.2) is 0 Å². The molecule has 6 amide bonds. The third-order valence-corrected chi connectivity index (χ3v) is 3.16. The highest BCUT2D eigenvalue weighted by molar-refractivity contribution is 6.12. The summed E-state index contributed by atoms with van der Waals surface area (Å²) in [4.78, 5) is 69.2. The number of amides is 6. The summed E-state index contributed by atoms with van der Waals surface area (Å²) in [5, 5.41) is 9.24. The van der Waals surface area contributed by atoms with Crippen LogP contribution in [0.5, 0.6) is 0 Å². The number of nitrogens with zero attached hydrogens (tertiary/aromatic N) is 1. The lowest BCUT2D eigenvalue weighted by Crippen LogP contribution is -2.45. The van der Waals surface area contributed by atoms with Crippen molar-refractivity contribution in [2.24, 2.45) is 0 Å². The first kappa shape index (κ1) is 21.4. The molecular weight excluding hydrogens is 358 g/mol. The molecule has 0 fully saturated rings. The average molecular weight is 377 g/mol. The first-order valence-electron chi connectivity index (χ1n) is 7.87. The van der Waals surface area contributed by atoms with E-state index in [1.807, 2.05) is 0 Å². The fourth-order valence-electron chi connectivity index (χ4n) is 1.84. The molecule has 0 bridgehead atoms. The van der Waals surface area contributed by atoms with Crippen LogP contribution in [-0.4, -0.2) is 73.1 Å². The molecule has 1 heterocycles. The standard InChI is InChI=1S/C16H19N5O6/c1-2-3-11(22)18-9-13(24)20-10-14(25)19-8-12(23)17-6-7-21-15(26)4-5-16(21)27/h1,4-5H,3,6-10H2,(H,17,23)(H,18,22)(H,19,25)(H,20,24). The third kappa shape index (κ3) is 8.30. The van der Waals surface area contributed by atoms with Crippen molar-refractivity contribution in [2.45, 2.75) is 6.42 Å². The second-order valence-corrected chi connectivity index (χ2v) is 5.22. The highest BCUT2D eigenvalue weighted by atomic mass is 16.2. The normalized spacial score (nSPS) is 12.3. The maximum Gasteiger partial charge on any atom is 0.253 e. The van der Waals surface area contributed by atoms with Crippen LogP contribution in [0.4, 0.5) is 0 Å². The van der Waals surface area contributed by atoms with E-state index in [1.165, 1.54) is 0 Å². The van der Waals surface area contributed by atoms with Gasteiger partial charge in [0.15, 0.2) is 0 Å². The summed E-state index contributed by atoms with van der Waals surface area (Å²) >= 11 is 0. The minimum atomic E-state index is -0.609. The van der Waals surface area contributed by atoms with Crippen molar-refractivity contribution >= 4 is 35.4 Å². The second kappa shape index (κ2) is 11.0. The lowest BCUT2D eigenvalue weighted by Gasteiger charge is -2.14. The number of hydrogen-bond donors (Lipinski definition) is 4. The average Bonchev–Trinajstić information content (AvgIpc) is 2.95. The van der Waals surface area contributed by atoms with Gasteiger partial charge < -0.3 is 21.3 Å². The van der Waals surface area contributed by atoms with Crippen LogP contribution in [0, 0.1) is 12.3 Å². The summed E-state index contributed by atoms with van der Waals surface area (Å²) < 4.78 is 0. The molecule has 11 nitrogen and oxygen atoms in total. The number of rotatable bonds is 10. The van der Waals surface area contributed by atoms with Gasteiger partial charge >= 0.3 is 0 Å². The van der Waals surface area contributed by atoms with Crippen LogP contribution in [0.25, 0.3) is 0 Å². The minimum Gasteiger partial charge on any atom is -0.353 e. The molecule has 1 aliphatic rings. The Labute approximate surface area is 154 Å². The summed E-state index contributed by atoms with van der Waals surface area (Å²) in [6.07, 6.45) is 7.06. The molecule has 0 atom stereocenters. The molecule has 0 saturated carbocycles. The van der Waals surface area contributed by atoms with Gasteiger partial charge in [-0.15, -0.1) is 6.42 Å². The van der Waals surface area contributed by atoms with Crippen LogP contribution < -0.4 is 21.3 Å². The quantitative estimate of drug-likeness (QED) is 0.228. The van der Waals surface area contributed by atoms with E-state index in [1.54, 1.807) is 0 Å². The molecule has 1 aliphatic heterocycles. The molecule has 0 aliphatic carbocycles. The largest absolute Gasteiger partial charge is 0.353 e. The molecule has 0 radical (unpaired) electrons. The lowest BCUT2D eigenvalue weighted by molar-refractivity contribution is -0.137. The van der Waals surface area contributed by atoms with Gasteiger partial charge in [0.1, 0.15) is 0 Å². The molecule has 4 N–H and O–H groups in total. The maximum absolute atomic E-state index is 11.6. The van der Waals surface area contributed by atoms with E-state index in [2.05, 4.69) is 27.2 Å². The molecule has 27 heavy (non-hydrogen) atoms. The van der Waals surface area contributed by atoms with Crippen molar-refractivity contribution in [3.63, 3.8) is 0 Å². The Balaban J connectivity index is 2.11. The Bertz CT molecular complexity index is 691. The zero-order valence-electron chi connectivity index (χ0n) is 14.4. The van der Waals surface area contributed by atoms with Gasteiger partial charge in [-0.2, -0.15) is 0 Å². The third-order valence-electron chi connectivity index (χ3n) is 3.16. The van der Waals surface area contributed by atoms with E-state index in [9.17, 15) is 28.8 Å². The van der Waals surface area contributed by atoms with Gasteiger partial charge in [0.05, 0.1) is 26.1 Å². The topological polar surface area (TPSA) is 154 Å². The van der Waals surface area contributed by atoms with Crippen LogP contribution in [0.3, 0.4) is 0 Å². The van der Waals surface area contributed by atoms with Crippen molar-refractivity contribution in [3.05, 3.63) is 12.2 Å². The van der Waals surface area contributed by atoms with Crippen LogP contribution in [0.15, 0.2) is 12.2 Å². The van der Waals surface area contributed by atoms with Crippen LogP contribution in [0.2, 0.25) is 0 Å². The van der Waals surface area contributed by atoms with Crippen LogP contribution >= 0.6 is 0 Å². The Hall–Kier alpha value is -3.68. The van der Waals surface area contributed by atoms with Crippen molar-refractivity contribution in [3.8, 4) is 12.3 Å². The highest BCUT2D eigenvalue weighted by Crippen LogP contribution is 2.01. The summed E-state index contributed by atoms with van der Waals surface area (Å²) in [5.41, 5.74) is 0. The number of carbonyl (C=O) groups excluding carboxylic acids is 6. The first-order chi connectivity index (χ1) is 12.8. The van der Waals surface area contributed by atoms with Crippen molar-refractivity contribution in [1.29, 1.82) is 0 Å². The molecule has 0 aromatic carbocycles. The van der Waals surface area contributed by atoms with Crippen molar-refractivity contribution in [2.75, 3.05) is 32.7 Å². The SMILES string of the molecule is C#CCC(=O)NCC(=O)NCC(=O)NCC(=O)NCCN1C(=O)C=CC1=O. The van der Waals surface area contributed by atoms with Crippen LogP contribution in [-0.2, 0) is 28.8 Å². The van der Waals surface area contributed by atoms with Crippen LogP contribution in [0.1, 0.15) is 6.42 Å². The van der Waals surface area contributed by atoms with Gasteiger partial charge in [0.2, 0.25) is 23.6 Å². The van der Waals surface area contributed by atoms with E-state index in [-0.39, 0.29) is 39.1 Å². The van der Waals surface area contributed by atoms with E-state index in [0.717, 1.165) is 17.1 Å². The van der Waals surface area contributed by atoms with E-state index >= 15 is 0 Å². The molecule has 0 unspecified atom stereocenters. The molecule has 1 rings (SSSR count). The number of terminal acetylenes is 1. The molecule has 0 aromatic rings. The van der Waals surface area contributed by atoms with E-state index < -0.39 is 35.4 Å². The van der Waals surface area contributed by atoms with E-state index in [4.69, 9.17) is 6.42 Å².